The van der Waals surface area contributed by atoms with Crippen LogP contribution in [0.15, 0.2) is 55.0 Å². The second-order valence-electron chi connectivity index (χ2n) is 5.38. The Kier molecular flexibility index (Phi) is 3.95. The number of fused-ring (bicyclic) bond motifs is 1. The number of imidazole rings is 1. The predicted molar refractivity (Wildman–Crippen MR) is 86.5 cm³/mol. The molecule has 1 unspecified atom stereocenters. The Morgan fingerprint density at radius 2 is 2.00 bits per heavy atom. The third-order valence-corrected chi connectivity index (χ3v) is 4.20. The van der Waals surface area contributed by atoms with Crippen LogP contribution < -0.4 is 0 Å². The summed E-state index contributed by atoms with van der Waals surface area (Å²) in [6.45, 7) is 3.06. The van der Waals surface area contributed by atoms with E-state index in [0.717, 1.165) is 12.1 Å². The predicted octanol–water partition coefficient (Wildman–Crippen LogP) is 4.18. The Balaban J connectivity index is 1.81. The molecule has 0 bridgehead atoms. The van der Waals surface area contributed by atoms with E-state index in [4.69, 9.17) is 11.6 Å². The smallest absolute Gasteiger partial charge is 0.114 e. The van der Waals surface area contributed by atoms with E-state index in [2.05, 4.69) is 54.2 Å². The van der Waals surface area contributed by atoms with Crippen molar-refractivity contribution in [3.8, 4) is 0 Å². The molecule has 2 aromatic heterocycles. The van der Waals surface area contributed by atoms with E-state index in [9.17, 15) is 0 Å². The molecule has 2 heterocycles. The van der Waals surface area contributed by atoms with Gasteiger partial charge in [-0.15, -0.1) is 0 Å². The standard InChI is InChI=1S/C17H18ClN3/c1-13(15-6-4-3-5-7-15)20(2)11-14-8-16-10-19-12-21(16)17(18)9-14/h3-10,12-13H,11H2,1-2H3. The highest BCUT2D eigenvalue weighted by atomic mass is 35.5. The summed E-state index contributed by atoms with van der Waals surface area (Å²) >= 11 is 6.29. The van der Waals surface area contributed by atoms with Gasteiger partial charge >= 0.3 is 0 Å². The van der Waals surface area contributed by atoms with E-state index < -0.39 is 0 Å². The van der Waals surface area contributed by atoms with Gasteiger partial charge in [-0.25, -0.2) is 4.98 Å². The first-order chi connectivity index (χ1) is 10.1. The summed E-state index contributed by atoms with van der Waals surface area (Å²) in [7, 11) is 2.13. The summed E-state index contributed by atoms with van der Waals surface area (Å²) in [5, 5.41) is 0.695. The summed E-state index contributed by atoms with van der Waals surface area (Å²) in [6, 6.07) is 15.0. The lowest BCUT2D eigenvalue weighted by Gasteiger charge is -2.25. The number of hydrogen-bond acceptors (Lipinski definition) is 2. The first-order valence-electron chi connectivity index (χ1n) is 7.01. The minimum Gasteiger partial charge on any atom is -0.295 e. The van der Waals surface area contributed by atoms with Gasteiger partial charge < -0.3 is 0 Å². The number of aromatic nitrogens is 2. The first-order valence-corrected chi connectivity index (χ1v) is 7.38. The molecular weight excluding hydrogens is 282 g/mol. The Morgan fingerprint density at radius 3 is 2.76 bits per heavy atom. The van der Waals surface area contributed by atoms with Gasteiger partial charge in [-0.05, 0) is 37.2 Å². The molecule has 0 aliphatic carbocycles. The van der Waals surface area contributed by atoms with Gasteiger partial charge in [0, 0.05) is 12.6 Å². The Bertz CT molecular complexity index is 736. The molecule has 0 fully saturated rings. The number of halogens is 1. The van der Waals surface area contributed by atoms with Crippen LogP contribution in [0.1, 0.15) is 24.1 Å². The molecule has 4 heteroatoms. The van der Waals surface area contributed by atoms with Gasteiger partial charge in [0.1, 0.15) is 11.5 Å². The molecule has 0 amide bonds. The van der Waals surface area contributed by atoms with Crippen molar-refractivity contribution in [2.75, 3.05) is 7.05 Å². The van der Waals surface area contributed by atoms with Crippen LogP contribution in [0.25, 0.3) is 5.52 Å². The molecule has 1 atom stereocenters. The number of benzene rings is 1. The Labute approximate surface area is 129 Å². The zero-order chi connectivity index (χ0) is 14.8. The SMILES string of the molecule is CC(c1ccccc1)N(C)Cc1cc(Cl)n2cncc2c1. The molecule has 0 N–H and O–H groups in total. The quantitative estimate of drug-likeness (QED) is 0.674. The molecule has 3 rings (SSSR count). The topological polar surface area (TPSA) is 20.5 Å². The van der Waals surface area contributed by atoms with Gasteiger partial charge in [0.2, 0.25) is 0 Å². The van der Waals surface area contributed by atoms with E-state index in [-0.39, 0.29) is 0 Å². The van der Waals surface area contributed by atoms with Crippen molar-refractivity contribution < 1.29 is 0 Å². The van der Waals surface area contributed by atoms with Crippen molar-refractivity contribution in [3.63, 3.8) is 0 Å². The third kappa shape index (κ3) is 2.94. The van der Waals surface area contributed by atoms with Crippen LogP contribution in [0.2, 0.25) is 5.15 Å². The lowest BCUT2D eigenvalue weighted by atomic mass is 10.1. The molecule has 0 saturated heterocycles. The molecule has 0 aliphatic rings. The van der Waals surface area contributed by atoms with Gasteiger partial charge in [-0.2, -0.15) is 0 Å². The molecule has 0 aliphatic heterocycles. The Hall–Kier alpha value is -1.84. The molecule has 21 heavy (non-hydrogen) atoms. The minimum absolute atomic E-state index is 0.353. The van der Waals surface area contributed by atoms with E-state index in [1.165, 1.54) is 11.1 Å². The molecule has 108 valence electrons. The van der Waals surface area contributed by atoms with Crippen molar-refractivity contribution in [1.82, 2.24) is 14.3 Å². The van der Waals surface area contributed by atoms with Crippen molar-refractivity contribution in [1.29, 1.82) is 0 Å². The van der Waals surface area contributed by atoms with Crippen LogP contribution in [-0.4, -0.2) is 21.3 Å². The van der Waals surface area contributed by atoms with Gasteiger partial charge in [-0.3, -0.25) is 9.30 Å². The average molecular weight is 300 g/mol. The number of pyridine rings is 1. The summed E-state index contributed by atoms with van der Waals surface area (Å²) in [5.74, 6) is 0. The van der Waals surface area contributed by atoms with E-state index in [1.807, 2.05) is 22.7 Å². The molecule has 3 aromatic rings. The van der Waals surface area contributed by atoms with E-state index in [0.29, 0.717) is 11.2 Å². The van der Waals surface area contributed by atoms with E-state index >= 15 is 0 Å². The fourth-order valence-electron chi connectivity index (χ4n) is 2.55. The summed E-state index contributed by atoms with van der Waals surface area (Å²) in [5.41, 5.74) is 3.54. The average Bonchev–Trinajstić information content (AvgIpc) is 2.96. The van der Waals surface area contributed by atoms with Crippen LogP contribution in [0.3, 0.4) is 0 Å². The van der Waals surface area contributed by atoms with Crippen molar-refractivity contribution in [2.24, 2.45) is 0 Å². The lowest BCUT2D eigenvalue weighted by Crippen LogP contribution is -2.22. The Morgan fingerprint density at radius 1 is 1.24 bits per heavy atom. The minimum atomic E-state index is 0.353. The zero-order valence-electron chi connectivity index (χ0n) is 12.2. The molecule has 3 nitrogen and oxygen atoms in total. The van der Waals surface area contributed by atoms with E-state index in [1.54, 1.807) is 6.33 Å². The monoisotopic (exact) mass is 299 g/mol. The van der Waals surface area contributed by atoms with Crippen LogP contribution in [-0.2, 0) is 6.54 Å². The number of hydrogen-bond donors (Lipinski definition) is 0. The van der Waals surface area contributed by atoms with Crippen LogP contribution in [0.5, 0.6) is 0 Å². The largest absolute Gasteiger partial charge is 0.295 e. The third-order valence-electron chi connectivity index (χ3n) is 3.91. The highest BCUT2D eigenvalue weighted by molar-refractivity contribution is 6.29. The molecule has 0 saturated carbocycles. The molecule has 0 spiro atoms. The maximum Gasteiger partial charge on any atom is 0.114 e. The maximum absolute atomic E-state index is 6.29. The first kappa shape index (κ1) is 14.1. The maximum atomic E-state index is 6.29. The van der Waals surface area contributed by atoms with Gasteiger partial charge in [0.15, 0.2) is 0 Å². The van der Waals surface area contributed by atoms with Crippen molar-refractivity contribution in [3.05, 3.63) is 71.3 Å². The summed E-state index contributed by atoms with van der Waals surface area (Å²) in [6.07, 6.45) is 3.56. The van der Waals surface area contributed by atoms with Crippen molar-refractivity contribution >= 4 is 17.1 Å². The lowest BCUT2D eigenvalue weighted by molar-refractivity contribution is 0.253. The van der Waals surface area contributed by atoms with Gasteiger partial charge in [0.25, 0.3) is 0 Å². The number of rotatable bonds is 4. The molecular formula is C17H18ClN3. The van der Waals surface area contributed by atoms with Crippen LogP contribution >= 0.6 is 11.6 Å². The highest BCUT2D eigenvalue weighted by Crippen LogP contribution is 2.22. The zero-order valence-corrected chi connectivity index (χ0v) is 13.0. The normalized spacial score (nSPS) is 13.0. The second-order valence-corrected chi connectivity index (χ2v) is 5.76. The molecule has 1 aromatic carbocycles. The van der Waals surface area contributed by atoms with Crippen LogP contribution in [0.4, 0.5) is 0 Å². The van der Waals surface area contributed by atoms with Crippen LogP contribution in [0, 0.1) is 0 Å². The van der Waals surface area contributed by atoms with Gasteiger partial charge in [0.05, 0.1) is 11.7 Å². The fraction of sp³-hybridized carbons (Fsp3) is 0.235. The van der Waals surface area contributed by atoms with Gasteiger partial charge in [-0.1, -0.05) is 41.9 Å². The highest BCUT2D eigenvalue weighted by Gasteiger charge is 2.12. The summed E-state index contributed by atoms with van der Waals surface area (Å²) in [4.78, 5) is 6.44. The number of nitrogens with zero attached hydrogens (tertiary/aromatic N) is 3. The fourth-order valence-corrected chi connectivity index (χ4v) is 2.83. The second kappa shape index (κ2) is 5.88. The summed E-state index contributed by atoms with van der Waals surface area (Å²) < 4.78 is 1.88. The molecule has 0 radical (unpaired) electrons. The van der Waals surface area contributed by atoms with Crippen molar-refractivity contribution in [2.45, 2.75) is 19.5 Å².